The molecule has 17 heavy (non-hydrogen) atoms. The molecular weight excluding hydrogens is 239 g/mol. The van der Waals surface area contributed by atoms with Gasteiger partial charge in [-0.2, -0.15) is 0 Å². The highest BCUT2D eigenvalue weighted by molar-refractivity contribution is 7.80. The van der Waals surface area contributed by atoms with Gasteiger partial charge in [0.15, 0.2) is 11.6 Å². The lowest BCUT2D eigenvalue weighted by atomic mass is 10.1. The van der Waals surface area contributed by atoms with Crippen LogP contribution in [0.3, 0.4) is 0 Å². The maximum absolute atomic E-state index is 13.9. The highest BCUT2D eigenvalue weighted by atomic mass is 32.1. The number of hydrogen-bond acceptors (Lipinski definition) is 3. The normalized spacial score (nSPS) is 12.5. The van der Waals surface area contributed by atoms with Crippen molar-refractivity contribution in [3.05, 3.63) is 29.6 Å². The third kappa shape index (κ3) is 3.38. The number of halogens is 1. The molecule has 0 spiro atoms. The van der Waals surface area contributed by atoms with Crippen molar-refractivity contribution in [1.82, 2.24) is 4.90 Å². The smallest absolute Gasteiger partial charge is 0.169 e. The summed E-state index contributed by atoms with van der Waals surface area (Å²) in [7, 11) is 3.30. The molecule has 1 atom stereocenters. The Morgan fingerprint density at radius 2 is 2.24 bits per heavy atom. The summed E-state index contributed by atoms with van der Waals surface area (Å²) in [4.78, 5) is 2.29. The van der Waals surface area contributed by atoms with Crippen molar-refractivity contribution in [2.45, 2.75) is 19.5 Å². The molecule has 1 aromatic rings. The fourth-order valence-corrected chi connectivity index (χ4v) is 1.64. The van der Waals surface area contributed by atoms with Crippen molar-refractivity contribution in [3.8, 4) is 5.75 Å². The van der Waals surface area contributed by atoms with E-state index in [0.29, 0.717) is 17.1 Å². The summed E-state index contributed by atoms with van der Waals surface area (Å²) in [6, 6.07) is 5.00. The maximum atomic E-state index is 13.9. The molecule has 0 aromatic heterocycles. The minimum atomic E-state index is -0.336. The van der Waals surface area contributed by atoms with Crippen molar-refractivity contribution in [2.24, 2.45) is 5.73 Å². The van der Waals surface area contributed by atoms with E-state index in [0.717, 1.165) is 0 Å². The molecule has 3 nitrogen and oxygen atoms in total. The molecule has 5 heteroatoms. The Morgan fingerprint density at radius 3 is 2.76 bits per heavy atom. The Morgan fingerprint density at radius 1 is 1.59 bits per heavy atom. The van der Waals surface area contributed by atoms with Crippen LogP contribution in [0.1, 0.15) is 12.5 Å². The van der Waals surface area contributed by atoms with E-state index in [1.165, 1.54) is 7.11 Å². The molecule has 0 heterocycles. The standard InChI is InChI=1S/C12H17FN2OS/c1-8(12(14)17)15(2)7-9-5-4-6-10(16-3)11(9)13/h4-6,8H,7H2,1-3H3,(H2,14,17). The first-order valence-corrected chi connectivity index (χ1v) is 5.69. The van der Waals surface area contributed by atoms with Gasteiger partial charge in [-0.15, -0.1) is 0 Å². The molecule has 0 fully saturated rings. The summed E-state index contributed by atoms with van der Waals surface area (Å²) in [6.07, 6.45) is 0. The van der Waals surface area contributed by atoms with Crippen LogP contribution in [0.15, 0.2) is 18.2 Å². The zero-order valence-electron chi connectivity index (χ0n) is 10.2. The molecule has 0 saturated heterocycles. The quantitative estimate of drug-likeness (QED) is 0.817. The first-order chi connectivity index (χ1) is 7.97. The molecule has 94 valence electrons. The van der Waals surface area contributed by atoms with Gasteiger partial charge in [0.1, 0.15) is 0 Å². The lowest BCUT2D eigenvalue weighted by Gasteiger charge is -2.24. The van der Waals surface area contributed by atoms with Crippen molar-refractivity contribution >= 4 is 17.2 Å². The van der Waals surface area contributed by atoms with Crippen LogP contribution in [0.2, 0.25) is 0 Å². The van der Waals surface area contributed by atoms with E-state index in [1.807, 2.05) is 18.9 Å². The molecule has 0 aliphatic rings. The molecule has 0 aliphatic carbocycles. The van der Waals surface area contributed by atoms with Crippen LogP contribution in [0.25, 0.3) is 0 Å². The van der Waals surface area contributed by atoms with Gasteiger partial charge < -0.3 is 10.5 Å². The van der Waals surface area contributed by atoms with E-state index in [2.05, 4.69) is 0 Å². The molecule has 0 amide bonds. The summed E-state index contributed by atoms with van der Waals surface area (Å²) in [5.74, 6) is -0.0872. The van der Waals surface area contributed by atoms with Crippen LogP contribution in [0, 0.1) is 5.82 Å². The second kappa shape index (κ2) is 5.93. The van der Waals surface area contributed by atoms with Crippen LogP contribution >= 0.6 is 12.2 Å². The summed E-state index contributed by atoms with van der Waals surface area (Å²) in [6.45, 7) is 2.32. The lowest BCUT2D eigenvalue weighted by molar-refractivity contribution is 0.296. The Labute approximate surface area is 106 Å². The molecule has 0 saturated carbocycles. The van der Waals surface area contributed by atoms with Gasteiger partial charge in [0.05, 0.1) is 18.1 Å². The molecule has 0 aliphatic heterocycles. The number of thiocarbonyl (C=S) groups is 1. The van der Waals surface area contributed by atoms with Gasteiger partial charge in [0.2, 0.25) is 0 Å². The monoisotopic (exact) mass is 256 g/mol. The second-order valence-corrected chi connectivity index (χ2v) is 4.40. The van der Waals surface area contributed by atoms with Gasteiger partial charge in [-0.25, -0.2) is 4.39 Å². The summed E-state index contributed by atoms with van der Waals surface area (Å²) in [5, 5.41) is 0. The average Bonchev–Trinajstić information content (AvgIpc) is 2.30. The summed E-state index contributed by atoms with van der Waals surface area (Å²) < 4.78 is 18.8. The zero-order valence-corrected chi connectivity index (χ0v) is 11.1. The van der Waals surface area contributed by atoms with Crippen molar-refractivity contribution < 1.29 is 9.13 Å². The predicted molar refractivity (Wildman–Crippen MR) is 70.7 cm³/mol. The maximum Gasteiger partial charge on any atom is 0.169 e. The molecule has 1 rings (SSSR count). The van der Waals surface area contributed by atoms with Gasteiger partial charge in [-0.3, -0.25) is 4.90 Å². The average molecular weight is 256 g/mol. The van der Waals surface area contributed by atoms with E-state index >= 15 is 0 Å². The van der Waals surface area contributed by atoms with Crippen molar-refractivity contribution in [1.29, 1.82) is 0 Å². The minimum absolute atomic E-state index is 0.0735. The fraction of sp³-hybridized carbons (Fsp3) is 0.417. The predicted octanol–water partition coefficient (Wildman–Crippen LogP) is 1.94. The van der Waals surface area contributed by atoms with Gasteiger partial charge in [-0.05, 0) is 20.0 Å². The van der Waals surface area contributed by atoms with Gasteiger partial charge >= 0.3 is 0 Å². The van der Waals surface area contributed by atoms with Crippen LogP contribution in [0.5, 0.6) is 5.75 Å². The summed E-state index contributed by atoms with van der Waals surface area (Å²) >= 11 is 4.91. The molecule has 1 unspecified atom stereocenters. The topological polar surface area (TPSA) is 38.5 Å². The lowest BCUT2D eigenvalue weighted by Crippen LogP contribution is -2.38. The zero-order chi connectivity index (χ0) is 13.0. The Hall–Kier alpha value is -1.20. The molecule has 0 radical (unpaired) electrons. The Balaban J connectivity index is 2.85. The van der Waals surface area contributed by atoms with Crippen LogP contribution in [0.4, 0.5) is 4.39 Å². The van der Waals surface area contributed by atoms with Gasteiger partial charge in [-0.1, -0.05) is 24.4 Å². The van der Waals surface area contributed by atoms with E-state index in [9.17, 15) is 4.39 Å². The number of likely N-dealkylation sites (N-methyl/N-ethyl adjacent to an activating group) is 1. The first-order valence-electron chi connectivity index (χ1n) is 5.28. The van der Waals surface area contributed by atoms with Crippen molar-refractivity contribution in [3.63, 3.8) is 0 Å². The number of hydrogen-bond donors (Lipinski definition) is 1. The van der Waals surface area contributed by atoms with Crippen LogP contribution < -0.4 is 10.5 Å². The number of methoxy groups -OCH3 is 1. The molecule has 0 bridgehead atoms. The number of nitrogens with two attached hydrogens (primary N) is 1. The molecular formula is C12H17FN2OS. The van der Waals surface area contributed by atoms with Gasteiger partial charge in [0, 0.05) is 12.1 Å². The molecule has 1 aromatic carbocycles. The van der Waals surface area contributed by atoms with E-state index in [1.54, 1.807) is 18.2 Å². The first kappa shape index (κ1) is 13.9. The highest BCUT2D eigenvalue weighted by Gasteiger charge is 2.15. The fourth-order valence-electron chi connectivity index (χ4n) is 1.46. The van der Waals surface area contributed by atoms with Crippen LogP contribution in [-0.2, 0) is 6.54 Å². The highest BCUT2D eigenvalue weighted by Crippen LogP contribution is 2.21. The van der Waals surface area contributed by atoms with E-state index in [4.69, 9.17) is 22.7 Å². The Bertz CT molecular complexity index is 411. The molecule has 2 N–H and O–H groups in total. The third-order valence-electron chi connectivity index (χ3n) is 2.76. The SMILES string of the molecule is COc1cccc(CN(C)C(C)C(N)=S)c1F. The second-order valence-electron chi connectivity index (χ2n) is 3.93. The number of nitrogens with zero attached hydrogens (tertiary/aromatic N) is 1. The van der Waals surface area contributed by atoms with Crippen LogP contribution in [-0.4, -0.2) is 30.1 Å². The van der Waals surface area contributed by atoms with E-state index in [-0.39, 0.29) is 17.6 Å². The minimum Gasteiger partial charge on any atom is -0.494 e. The number of rotatable bonds is 5. The summed E-state index contributed by atoms with van der Waals surface area (Å²) in [5.41, 5.74) is 6.12. The largest absolute Gasteiger partial charge is 0.494 e. The van der Waals surface area contributed by atoms with Gasteiger partial charge in [0.25, 0.3) is 0 Å². The van der Waals surface area contributed by atoms with E-state index < -0.39 is 0 Å². The van der Waals surface area contributed by atoms with Crippen molar-refractivity contribution in [2.75, 3.05) is 14.2 Å². The number of ether oxygens (including phenoxy) is 1. The third-order valence-corrected chi connectivity index (χ3v) is 3.10. The number of benzene rings is 1. The Kier molecular flexibility index (Phi) is 4.84.